The van der Waals surface area contributed by atoms with Gasteiger partial charge in [-0.25, -0.2) is 0 Å². The summed E-state index contributed by atoms with van der Waals surface area (Å²) in [5.74, 6) is 0.888. The van der Waals surface area contributed by atoms with Gasteiger partial charge in [0.1, 0.15) is 0 Å². The zero-order chi connectivity index (χ0) is 7.98. The summed E-state index contributed by atoms with van der Waals surface area (Å²) in [6, 6.07) is 0. The molecule has 1 aliphatic heterocycles. The monoisotopic (exact) mass is 162 g/mol. The Morgan fingerprint density at radius 3 is 2.09 bits per heavy atom. The lowest BCUT2D eigenvalue weighted by atomic mass is 9.99. The van der Waals surface area contributed by atoms with E-state index in [1.807, 2.05) is 0 Å². The van der Waals surface area contributed by atoms with Crippen LogP contribution in [0.5, 0.6) is 0 Å². The molecule has 11 heavy (non-hydrogen) atoms. The molecule has 1 heterocycles. The summed E-state index contributed by atoms with van der Waals surface area (Å²) in [5, 5.41) is 7.00. The number of ether oxygens (including phenoxy) is 1. The van der Waals surface area contributed by atoms with Crippen molar-refractivity contribution in [1.29, 1.82) is 0 Å². The van der Waals surface area contributed by atoms with Crippen LogP contribution in [0.3, 0.4) is 0 Å². The topological polar surface area (TPSA) is 29.5 Å². The van der Waals surface area contributed by atoms with Gasteiger partial charge < -0.3 is 9.84 Å². The van der Waals surface area contributed by atoms with E-state index in [-0.39, 0.29) is 7.43 Å². The predicted octanol–water partition coefficient (Wildman–Crippen LogP) is 2.07. The minimum atomic E-state index is 0. The summed E-state index contributed by atoms with van der Waals surface area (Å²) in [4.78, 5) is 0. The van der Waals surface area contributed by atoms with Crippen molar-refractivity contribution in [2.45, 2.75) is 40.2 Å². The van der Waals surface area contributed by atoms with Crippen molar-refractivity contribution >= 4 is 0 Å². The molecular weight excluding hydrogens is 140 g/mol. The molecule has 0 aromatic carbocycles. The fraction of sp³-hybridized carbons (Fsp3) is 1.00. The third-order valence-electron chi connectivity index (χ3n) is 1.75. The standard InChI is InChI=1S/C7H14O.CH4O.CH4/c1-6-3-4-8-7(2)5-6;1-2;/h6-7H,3-5H2,1-2H3;2H,1H3;1H4/t6-,7-;;/m0../s1. The number of aliphatic hydroxyl groups excluding tert-OH is 1. The van der Waals surface area contributed by atoms with Crippen molar-refractivity contribution in [2.24, 2.45) is 5.92 Å². The predicted molar refractivity (Wildman–Crippen MR) is 48.7 cm³/mol. The van der Waals surface area contributed by atoms with Crippen molar-refractivity contribution in [3.8, 4) is 0 Å². The van der Waals surface area contributed by atoms with E-state index in [0.29, 0.717) is 6.10 Å². The van der Waals surface area contributed by atoms with Crippen LogP contribution in [0.1, 0.15) is 34.1 Å². The second-order valence-electron chi connectivity index (χ2n) is 2.81. The second-order valence-corrected chi connectivity index (χ2v) is 2.81. The highest BCUT2D eigenvalue weighted by Gasteiger charge is 2.13. The molecule has 1 rings (SSSR count). The Morgan fingerprint density at radius 1 is 1.27 bits per heavy atom. The molecule has 1 fully saturated rings. The van der Waals surface area contributed by atoms with E-state index in [9.17, 15) is 0 Å². The molecule has 0 amide bonds. The van der Waals surface area contributed by atoms with Crippen LogP contribution < -0.4 is 0 Å². The summed E-state index contributed by atoms with van der Waals surface area (Å²) < 4.78 is 5.35. The number of aliphatic hydroxyl groups is 1. The molecule has 0 spiro atoms. The SMILES string of the molecule is C.CO.C[C@H]1CCO[C@@H](C)C1. The maximum absolute atomic E-state index is 7.00. The molecular formula is C9H22O2. The molecule has 0 aromatic rings. The van der Waals surface area contributed by atoms with Gasteiger partial charge in [0, 0.05) is 13.7 Å². The minimum Gasteiger partial charge on any atom is -0.400 e. The van der Waals surface area contributed by atoms with Gasteiger partial charge in [0.15, 0.2) is 0 Å². The Bertz CT molecular complexity index is 66.0. The Hall–Kier alpha value is -0.0800. The van der Waals surface area contributed by atoms with E-state index < -0.39 is 0 Å². The van der Waals surface area contributed by atoms with Gasteiger partial charge in [-0.3, -0.25) is 0 Å². The van der Waals surface area contributed by atoms with Crippen molar-refractivity contribution in [3.63, 3.8) is 0 Å². The zero-order valence-corrected chi connectivity index (χ0v) is 7.13. The first-order chi connectivity index (χ1) is 4.79. The molecule has 0 bridgehead atoms. The summed E-state index contributed by atoms with van der Waals surface area (Å²) in [7, 11) is 1.00. The van der Waals surface area contributed by atoms with E-state index in [2.05, 4.69) is 13.8 Å². The molecule has 2 nitrogen and oxygen atoms in total. The van der Waals surface area contributed by atoms with E-state index >= 15 is 0 Å². The first kappa shape index (κ1) is 13.5. The third kappa shape index (κ3) is 6.32. The largest absolute Gasteiger partial charge is 0.400 e. The molecule has 1 aliphatic rings. The average molecular weight is 162 g/mol. The number of hydrogen-bond donors (Lipinski definition) is 1. The molecule has 0 aliphatic carbocycles. The molecule has 0 unspecified atom stereocenters. The van der Waals surface area contributed by atoms with Crippen LogP contribution in [0.2, 0.25) is 0 Å². The highest BCUT2D eigenvalue weighted by atomic mass is 16.5. The first-order valence-electron chi connectivity index (χ1n) is 3.85. The van der Waals surface area contributed by atoms with Crippen LogP contribution in [0, 0.1) is 5.92 Å². The third-order valence-corrected chi connectivity index (χ3v) is 1.75. The van der Waals surface area contributed by atoms with Crippen LogP contribution in [0.4, 0.5) is 0 Å². The summed E-state index contributed by atoms with van der Waals surface area (Å²) in [6.45, 7) is 5.41. The second kappa shape index (κ2) is 8.02. The van der Waals surface area contributed by atoms with Crippen molar-refractivity contribution in [1.82, 2.24) is 0 Å². The van der Waals surface area contributed by atoms with Crippen molar-refractivity contribution in [3.05, 3.63) is 0 Å². The maximum atomic E-state index is 7.00. The number of rotatable bonds is 0. The first-order valence-corrected chi connectivity index (χ1v) is 3.85. The van der Waals surface area contributed by atoms with Gasteiger partial charge in [-0.05, 0) is 25.7 Å². The normalized spacial score (nSPS) is 29.5. The Labute approximate surface area is 70.6 Å². The molecule has 1 saturated heterocycles. The van der Waals surface area contributed by atoms with Crippen LogP contribution >= 0.6 is 0 Å². The Balaban J connectivity index is 0. The fourth-order valence-electron chi connectivity index (χ4n) is 1.22. The van der Waals surface area contributed by atoms with E-state index in [0.717, 1.165) is 19.6 Å². The molecule has 1 N–H and O–H groups in total. The molecule has 0 saturated carbocycles. The Kier molecular flexibility index (Phi) is 9.85. The van der Waals surface area contributed by atoms with Gasteiger partial charge in [-0.2, -0.15) is 0 Å². The van der Waals surface area contributed by atoms with Gasteiger partial charge in [0.25, 0.3) is 0 Å². The maximum Gasteiger partial charge on any atom is 0.0549 e. The lowest BCUT2D eigenvalue weighted by Gasteiger charge is -2.23. The minimum absolute atomic E-state index is 0. The van der Waals surface area contributed by atoms with Gasteiger partial charge in [-0.15, -0.1) is 0 Å². The zero-order valence-electron chi connectivity index (χ0n) is 7.13. The average Bonchev–Trinajstić information content (AvgIpc) is 1.91. The van der Waals surface area contributed by atoms with Gasteiger partial charge in [0.05, 0.1) is 6.10 Å². The summed E-state index contributed by atoms with van der Waals surface area (Å²) >= 11 is 0. The van der Waals surface area contributed by atoms with E-state index in [1.165, 1.54) is 12.8 Å². The smallest absolute Gasteiger partial charge is 0.0549 e. The van der Waals surface area contributed by atoms with Crippen LogP contribution in [-0.2, 0) is 4.74 Å². The lowest BCUT2D eigenvalue weighted by molar-refractivity contribution is 0.00682. The molecule has 0 aromatic heterocycles. The van der Waals surface area contributed by atoms with Crippen LogP contribution in [-0.4, -0.2) is 24.9 Å². The van der Waals surface area contributed by atoms with E-state index in [1.54, 1.807) is 0 Å². The summed E-state index contributed by atoms with van der Waals surface area (Å²) in [5.41, 5.74) is 0. The molecule has 2 atom stereocenters. The lowest BCUT2D eigenvalue weighted by Crippen LogP contribution is -2.20. The van der Waals surface area contributed by atoms with E-state index in [4.69, 9.17) is 9.84 Å². The highest BCUT2D eigenvalue weighted by Crippen LogP contribution is 2.18. The van der Waals surface area contributed by atoms with Crippen LogP contribution in [0.15, 0.2) is 0 Å². The number of hydrogen-bond acceptors (Lipinski definition) is 2. The van der Waals surface area contributed by atoms with Crippen molar-refractivity contribution in [2.75, 3.05) is 13.7 Å². The van der Waals surface area contributed by atoms with Gasteiger partial charge in [-0.1, -0.05) is 14.4 Å². The summed E-state index contributed by atoms with van der Waals surface area (Å²) in [6.07, 6.45) is 3.02. The van der Waals surface area contributed by atoms with Gasteiger partial charge >= 0.3 is 0 Å². The van der Waals surface area contributed by atoms with Gasteiger partial charge in [0.2, 0.25) is 0 Å². The fourth-order valence-corrected chi connectivity index (χ4v) is 1.22. The van der Waals surface area contributed by atoms with Crippen molar-refractivity contribution < 1.29 is 9.84 Å². The molecule has 70 valence electrons. The Morgan fingerprint density at radius 2 is 1.82 bits per heavy atom. The molecule has 0 radical (unpaired) electrons. The highest BCUT2D eigenvalue weighted by molar-refractivity contribution is 4.63. The molecule has 2 heteroatoms. The van der Waals surface area contributed by atoms with Crippen LogP contribution in [0.25, 0.3) is 0 Å². The quantitative estimate of drug-likeness (QED) is 0.591.